The summed E-state index contributed by atoms with van der Waals surface area (Å²) in [6.07, 6.45) is 0. The van der Waals surface area contributed by atoms with E-state index in [1.807, 2.05) is 0 Å². The van der Waals surface area contributed by atoms with E-state index >= 15 is 0 Å². The van der Waals surface area contributed by atoms with Crippen LogP contribution < -0.4 is 15.6 Å². The van der Waals surface area contributed by atoms with Crippen molar-refractivity contribution in [1.82, 2.24) is 0 Å². The summed E-state index contributed by atoms with van der Waals surface area (Å²) in [6.45, 7) is 1.08. The van der Waals surface area contributed by atoms with Crippen molar-refractivity contribution in [2.75, 3.05) is 6.61 Å². The highest BCUT2D eigenvalue weighted by atomic mass is 32.2. The second-order valence-corrected chi connectivity index (χ2v) is 5.44. The van der Waals surface area contributed by atoms with Gasteiger partial charge in [-0.2, -0.15) is 0 Å². The molecule has 4 N–H and O–H groups in total. The highest BCUT2D eigenvalue weighted by molar-refractivity contribution is 7.89. The number of primary sulfonamides is 1. The first kappa shape index (κ1) is 15.3. The summed E-state index contributed by atoms with van der Waals surface area (Å²) >= 11 is 0. The molecular formula is C10H12F2N2O4S. The van der Waals surface area contributed by atoms with Crippen molar-refractivity contribution in [3.63, 3.8) is 0 Å². The van der Waals surface area contributed by atoms with E-state index in [2.05, 4.69) is 0 Å². The summed E-state index contributed by atoms with van der Waals surface area (Å²) in [7, 11) is -4.22. The lowest BCUT2D eigenvalue weighted by atomic mass is 10.2. The number of halogens is 2. The van der Waals surface area contributed by atoms with Gasteiger partial charge in [-0.15, -0.1) is 0 Å². The topological polar surface area (TPSA) is 112 Å². The van der Waals surface area contributed by atoms with Crippen LogP contribution in [0, 0.1) is 17.6 Å². The van der Waals surface area contributed by atoms with Crippen LogP contribution in [-0.4, -0.2) is 20.9 Å². The number of carbonyl (C=O) groups excluding carboxylic acids is 1. The Morgan fingerprint density at radius 2 is 1.84 bits per heavy atom. The number of sulfonamides is 1. The fourth-order valence-electron chi connectivity index (χ4n) is 1.13. The maximum absolute atomic E-state index is 13.5. The molecule has 1 aromatic rings. The van der Waals surface area contributed by atoms with Crippen LogP contribution in [-0.2, 0) is 14.8 Å². The number of nitrogens with two attached hydrogens (primary N) is 2. The molecule has 1 unspecified atom stereocenters. The quantitative estimate of drug-likeness (QED) is 0.802. The van der Waals surface area contributed by atoms with Gasteiger partial charge >= 0.3 is 0 Å². The molecule has 6 nitrogen and oxygen atoms in total. The number of primary amides is 1. The van der Waals surface area contributed by atoms with Crippen molar-refractivity contribution in [3.05, 3.63) is 23.8 Å². The number of amides is 1. The van der Waals surface area contributed by atoms with Crippen molar-refractivity contribution in [3.8, 4) is 5.75 Å². The summed E-state index contributed by atoms with van der Waals surface area (Å²) in [4.78, 5) is 10.0. The number of carbonyl (C=O) groups is 1. The molecule has 1 aromatic carbocycles. The fourth-order valence-corrected chi connectivity index (χ4v) is 1.66. The van der Waals surface area contributed by atoms with Crippen LogP contribution in [0.5, 0.6) is 5.75 Å². The smallest absolute Gasteiger partial charge is 0.238 e. The van der Waals surface area contributed by atoms with Crippen LogP contribution in [0.1, 0.15) is 6.92 Å². The van der Waals surface area contributed by atoms with Crippen molar-refractivity contribution >= 4 is 15.9 Å². The minimum absolute atomic E-state index is 0.335. The molecule has 19 heavy (non-hydrogen) atoms. The third kappa shape index (κ3) is 3.86. The molecule has 0 saturated heterocycles. The summed E-state index contributed by atoms with van der Waals surface area (Å²) in [5.41, 5.74) is 4.96. The molecule has 0 radical (unpaired) electrons. The minimum Gasteiger partial charge on any atom is -0.487 e. The molecule has 0 bridgehead atoms. The third-order valence-electron chi connectivity index (χ3n) is 2.26. The molecule has 0 aliphatic carbocycles. The van der Waals surface area contributed by atoms with Gasteiger partial charge < -0.3 is 10.5 Å². The number of benzene rings is 1. The van der Waals surface area contributed by atoms with E-state index in [-0.39, 0.29) is 6.61 Å². The molecule has 0 saturated carbocycles. The first-order valence-electron chi connectivity index (χ1n) is 5.07. The molecule has 1 rings (SSSR count). The molecule has 9 heteroatoms. The zero-order valence-corrected chi connectivity index (χ0v) is 10.7. The van der Waals surface area contributed by atoms with E-state index in [0.29, 0.717) is 12.1 Å². The Morgan fingerprint density at radius 3 is 2.21 bits per heavy atom. The van der Waals surface area contributed by atoms with Gasteiger partial charge in [0, 0.05) is 0 Å². The van der Waals surface area contributed by atoms with Crippen LogP contribution >= 0.6 is 0 Å². The van der Waals surface area contributed by atoms with Crippen molar-refractivity contribution in [1.29, 1.82) is 0 Å². The zero-order chi connectivity index (χ0) is 14.8. The van der Waals surface area contributed by atoms with Crippen molar-refractivity contribution in [2.24, 2.45) is 16.8 Å². The summed E-state index contributed by atoms with van der Waals surface area (Å²) < 4.78 is 53.6. The summed E-state index contributed by atoms with van der Waals surface area (Å²) in [5.74, 6) is -4.71. The molecule has 106 valence electrons. The van der Waals surface area contributed by atoms with Gasteiger partial charge in [-0.05, 0) is 12.1 Å². The number of hydrogen-bond acceptors (Lipinski definition) is 4. The zero-order valence-electron chi connectivity index (χ0n) is 9.89. The average molecular weight is 294 g/mol. The standard InChI is InChI=1S/C10H12F2N2O4S/c1-5(10(13)15)4-18-9-7(11)2-6(3-8(9)12)19(14,16)17/h2-3,5H,4H2,1H3,(H2,13,15)(H2,14,16,17). The third-order valence-corrected chi connectivity index (χ3v) is 3.16. The fraction of sp³-hybridized carbons (Fsp3) is 0.300. The van der Waals surface area contributed by atoms with Crippen LogP contribution in [0.15, 0.2) is 17.0 Å². The highest BCUT2D eigenvalue weighted by Gasteiger charge is 2.19. The highest BCUT2D eigenvalue weighted by Crippen LogP contribution is 2.25. The SMILES string of the molecule is CC(COc1c(F)cc(S(N)(=O)=O)cc1F)C(N)=O. The van der Waals surface area contributed by atoms with E-state index in [4.69, 9.17) is 15.6 Å². The van der Waals surface area contributed by atoms with Crippen LogP contribution in [0.25, 0.3) is 0 Å². The first-order chi connectivity index (χ1) is 8.62. The first-order valence-corrected chi connectivity index (χ1v) is 6.61. The monoisotopic (exact) mass is 294 g/mol. The molecule has 0 spiro atoms. The minimum atomic E-state index is -4.22. The van der Waals surface area contributed by atoms with E-state index in [0.717, 1.165) is 0 Å². The molecule has 0 aliphatic rings. The van der Waals surface area contributed by atoms with E-state index < -0.39 is 44.1 Å². The van der Waals surface area contributed by atoms with Crippen LogP contribution in [0.4, 0.5) is 8.78 Å². The molecule has 0 heterocycles. The molecule has 1 atom stereocenters. The Labute approximate surface area is 108 Å². The normalized spacial score (nSPS) is 13.1. The lowest BCUT2D eigenvalue weighted by molar-refractivity contribution is -0.122. The Kier molecular flexibility index (Phi) is 4.43. The number of ether oxygens (including phenoxy) is 1. The maximum Gasteiger partial charge on any atom is 0.238 e. The van der Waals surface area contributed by atoms with Crippen LogP contribution in [0.3, 0.4) is 0 Å². The largest absolute Gasteiger partial charge is 0.487 e. The van der Waals surface area contributed by atoms with E-state index in [1.54, 1.807) is 0 Å². The van der Waals surface area contributed by atoms with Crippen LogP contribution in [0.2, 0.25) is 0 Å². The molecule has 0 aliphatic heterocycles. The number of hydrogen-bond donors (Lipinski definition) is 2. The van der Waals surface area contributed by atoms with Gasteiger partial charge in [-0.3, -0.25) is 4.79 Å². The Balaban J connectivity index is 3.02. The van der Waals surface area contributed by atoms with Gasteiger partial charge in [0.25, 0.3) is 0 Å². The Hall–Kier alpha value is -1.74. The number of rotatable bonds is 5. The van der Waals surface area contributed by atoms with Gasteiger partial charge in [0.1, 0.15) is 0 Å². The van der Waals surface area contributed by atoms with E-state index in [9.17, 15) is 22.0 Å². The average Bonchev–Trinajstić information content (AvgIpc) is 2.25. The predicted molar refractivity (Wildman–Crippen MR) is 61.6 cm³/mol. The second-order valence-electron chi connectivity index (χ2n) is 3.88. The van der Waals surface area contributed by atoms with Gasteiger partial charge in [0.15, 0.2) is 17.4 Å². The lowest BCUT2D eigenvalue weighted by Gasteiger charge is -2.12. The van der Waals surface area contributed by atoms with Gasteiger partial charge in [0.2, 0.25) is 15.9 Å². The van der Waals surface area contributed by atoms with Gasteiger partial charge in [-0.25, -0.2) is 22.3 Å². The maximum atomic E-state index is 13.5. The summed E-state index contributed by atoms with van der Waals surface area (Å²) in [6, 6.07) is 1.06. The second kappa shape index (κ2) is 5.49. The predicted octanol–water partition coefficient (Wildman–Crippen LogP) is 0.112. The molecule has 0 fully saturated rings. The lowest BCUT2D eigenvalue weighted by Crippen LogP contribution is -2.26. The van der Waals surface area contributed by atoms with Crippen molar-refractivity contribution in [2.45, 2.75) is 11.8 Å². The molecule has 0 aromatic heterocycles. The summed E-state index contributed by atoms with van der Waals surface area (Å²) in [5, 5.41) is 4.74. The molecule has 1 amide bonds. The van der Waals surface area contributed by atoms with Crippen molar-refractivity contribution < 1.29 is 26.7 Å². The van der Waals surface area contributed by atoms with Gasteiger partial charge in [-0.1, -0.05) is 6.92 Å². The van der Waals surface area contributed by atoms with Gasteiger partial charge in [0.05, 0.1) is 17.4 Å². The molecular weight excluding hydrogens is 282 g/mol. The Morgan fingerprint density at radius 1 is 1.37 bits per heavy atom. The van der Waals surface area contributed by atoms with E-state index in [1.165, 1.54) is 6.92 Å². The Bertz CT molecular complexity index is 581.